The summed E-state index contributed by atoms with van der Waals surface area (Å²) >= 11 is 0. The molecule has 2 aromatic heterocycles. The van der Waals surface area contributed by atoms with Crippen LogP contribution in [0.5, 0.6) is 0 Å². The maximum absolute atomic E-state index is 7.07. The fourth-order valence-electron chi connectivity index (χ4n) is 12.1. The second-order valence-corrected chi connectivity index (χ2v) is 18.7. The standard InChI is InChI=1S/C67H41NO2/c1-3-16-42(17-4-1)44-30-32-45(33-31-44)64-65-54-25-10-14-29-61(54)69-63(65)41-56-55-39-48(35-37-62(55)70-66(56)64)68(47-21-15-20-46(38-47)43-18-5-2-6-19-43)49-34-36-53-52-24-9-13-28-59(52)67(60(53)40-49)57-26-11-7-22-50(57)51-23-8-12-27-58(51)67/h1-41H. The van der Waals surface area contributed by atoms with Gasteiger partial charge >= 0.3 is 0 Å². The third-order valence-electron chi connectivity index (χ3n) is 15.1. The van der Waals surface area contributed by atoms with Crippen molar-refractivity contribution in [3.63, 3.8) is 0 Å². The van der Waals surface area contributed by atoms with E-state index in [2.05, 4.69) is 248 Å². The van der Waals surface area contributed by atoms with Crippen LogP contribution in [0.4, 0.5) is 17.1 Å². The number of para-hydroxylation sites is 1. The molecule has 0 saturated carbocycles. The minimum absolute atomic E-state index is 0.481. The molecule has 3 nitrogen and oxygen atoms in total. The van der Waals surface area contributed by atoms with Crippen molar-refractivity contribution in [2.45, 2.75) is 5.41 Å². The molecule has 11 aromatic carbocycles. The highest BCUT2D eigenvalue weighted by Gasteiger charge is 2.51. The monoisotopic (exact) mass is 891 g/mol. The lowest BCUT2D eigenvalue weighted by atomic mass is 9.70. The van der Waals surface area contributed by atoms with E-state index >= 15 is 0 Å². The molecule has 2 heterocycles. The minimum Gasteiger partial charge on any atom is -0.456 e. The average Bonchev–Trinajstić information content (AvgIpc) is 4.16. The second-order valence-electron chi connectivity index (χ2n) is 18.7. The van der Waals surface area contributed by atoms with Crippen molar-refractivity contribution in [3.05, 3.63) is 271 Å². The van der Waals surface area contributed by atoms with Crippen molar-refractivity contribution < 1.29 is 8.83 Å². The van der Waals surface area contributed by atoms with Gasteiger partial charge in [0.15, 0.2) is 0 Å². The quantitative estimate of drug-likeness (QED) is 0.167. The van der Waals surface area contributed by atoms with Crippen LogP contribution in [0.3, 0.4) is 0 Å². The summed E-state index contributed by atoms with van der Waals surface area (Å²) in [5.41, 5.74) is 23.2. The highest BCUT2D eigenvalue weighted by Crippen LogP contribution is 2.63. The summed E-state index contributed by atoms with van der Waals surface area (Å²) < 4.78 is 13.8. The molecule has 0 amide bonds. The highest BCUT2D eigenvalue weighted by molar-refractivity contribution is 6.24. The largest absolute Gasteiger partial charge is 0.456 e. The number of hydrogen-bond acceptors (Lipinski definition) is 3. The Labute approximate surface area is 404 Å². The molecule has 0 N–H and O–H groups in total. The van der Waals surface area contributed by atoms with Gasteiger partial charge in [-0.1, -0.05) is 194 Å². The Balaban J connectivity index is 0.971. The topological polar surface area (TPSA) is 29.5 Å². The Morgan fingerprint density at radius 1 is 0.286 bits per heavy atom. The van der Waals surface area contributed by atoms with Crippen molar-refractivity contribution >= 4 is 60.9 Å². The number of anilines is 3. The molecule has 0 radical (unpaired) electrons. The van der Waals surface area contributed by atoms with Gasteiger partial charge in [-0.05, 0) is 127 Å². The number of fused-ring (bicyclic) bond motifs is 16. The first-order valence-electron chi connectivity index (χ1n) is 24.1. The molecule has 0 saturated heterocycles. The normalized spacial score (nSPS) is 13.0. The first-order valence-corrected chi connectivity index (χ1v) is 24.1. The summed E-state index contributed by atoms with van der Waals surface area (Å²) in [6.07, 6.45) is 0. The summed E-state index contributed by atoms with van der Waals surface area (Å²) in [4.78, 5) is 2.43. The van der Waals surface area contributed by atoms with Gasteiger partial charge in [0.1, 0.15) is 22.3 Å². The first kappa shape index (κ1) is 38.9. The second kappa shape index (κ2) is 14.9. The zero-order chi connectivity index (χ0) is 45.9. The maximum atomic E-state index is 7.07. The van der Waals surface area contributed by atoms with E-state index in [1.807, 2.05) is 6.07 Å². The van der Waals surface area contributed by atoms with E-state index in [-0.39, 0.29) is 0 Å². The van der Waals surface area contributed by atoms with Gasteiger partial charge in [-0.2, -0.15) is 0 Å². The fraction of sp³-hybridized carbons (Fsp3) is 0.0149. The van der Waals surface area contributed by atoms with Crippen LogP contribution in [-0.4, -0.2) is 0 Å². The van der Waals surface area contributed by atoms with Gasteiger partial charge in [-0.15, -0.1) is 0 Å². The molecule has 0 bridgehead atoms. The molecule has 2 aliphatic carbocycles. The fourth-order valence-corrected chi connectivity index (χ4v) is 12.1. The van der Waals surface area contributed by atoms with Crippen LogP contribution in [0.15, 0.2) is 258 Å². The maximum Gasteiger partial charge on any atom is 0.144 e. The molecule has 13 aromatic rings. The number of furan rings is 2. The van der Waals surface area contributed by atoms with Gasteiger partial charge in [0.2, 0.25) is 0 Å². The van der Waals surface area contributed by atoms with Crippen LogP contribution < -0.4 is 4.90 Å². The lowest BCUT2D eigenvalue weighted by Gasteiger charge is -2.32. The minimum atomic E-state index is -0.481. The van der Waals surface area contributed by atoms with Gasteiger partial charge < -0.3 is 13.7 Å². The average molecular weight is 892 g/mol. The summed E-state index contributed by atoms with van der Waals surface area (Å²) in [6.45, 7) is 0. The van der Waals surface area contributed by atoms with Gasteiger partial charge in [0.25, 0.3) is 0 Å². The smallest absolute Gasteiger partial charge is 0.144 e. The molecule has 0 unspecified atom stereocenters. The Hall–Kier alpha value is -9.18. The molecule has 0 aliphatic heterocycles. The van der Waals surface area contributed by atoms with E-state index in [1.165, 1.54) is 55.6 Å². The van der Waals surface area contributed by atoms with Gasteiger partial charge in [-0.3, -0.25) is 0 Å². The Kier molecular flexibility index (Phi) is 8.28. The lowest BCUT2D eigenvalue weighted by Crippen LogP contribution is -2.26. The van der Waals surface area contributed by atoms with Crippen LogP contribution in [0.25, 0.3) is 99.5 Å². The molecule has 0 atom stereocenters. The van der Waals surface area contributed by atoms with Crippen molar-refractivity contribution in [2.75, 3.05) is 4.90 Å². The van der Waals surface area contributed by atoms with Crippen molar-refractivity contribution in [2.24, 2.45) is 0 Å². The van der Waals surface area contributed by atoms with Crippen LogP contribution in [-0.2, 0) is 5.41 Å². The molecule has 70 heavy (non-hydrogen) atoms. The van der Waals surface area contributed by atoms with Crippen LogP contribution in [0.2, 0.25) is 0 Å². The molecule has 2 aliphatic rings. The third kappa shape index (κ3) is 5.52. The molecule has 326 valence electrons. The van der Waals surface area contributed by atoms with E-state index in [1.54, 1.807) is 0 Å². The van der Waals surface area contributed by atoms with Crippen molar-refractivity contribution in [1.82, 2.24) is 0 Å². The van der Waals surface area contributed by atoms with Crippen molar-refractivity contribution in [3.8, 4) is 55.6 Å². The van der Waals surface area contributed by atoms with E-state index in [9.17, 15) is 0 Å². The number of hydrogen-bond donors (Lipinski definition) is 0. The zero-order valence-electron chi connectivity index (χ0n) is 37.9. The molecule has 3 heteroatoms. The lowest BCUT2D eigenvalue weighted by molar-refractivity contribution is 0.664. The first-order chi connectivity index (χ1) is 34.7. The molecular formula is C67H41NO2. The van der Waals surface area contributed by atoms with Crippen LogP contribution >= 0.6 is 0 Å². The highest BCUT2D eigenvalue weighted by atomic mass is 16.3. The molecule has 15 rings (SSSR count). The van der Waals surface area contributed by atoms with Crippen LogP contribution in [0.1, 0.15) is 22.3 Å². The predicted octanol–water partition coefficient (Wildman–Crippen LogP) is 18.3. The zero-order valence-corrected chi connectivity index (χ0v) is 37.9. The summed E-state index contributed by atoms with van der Waals surface area (Å²) in [7, 11) is 0. The summed E-state index contributed by atoms with van der Waals surface area (Å²) in [6, 6.07) is 90.4. The SMILES string of the molecule is c1ccc(-c2ccc(-c3c4oc5ccc(N(c6cccc(-c7ccccc7)c6)c6ccc7c(c6)C6(c8ccccc8-c8ccccc86)c6ccccc6-7)cc5c4cc4oc5ccccc5c34)cc2)cc1. The number of benzene rings is 11. The predicted molar refractivity (Wildman–Crippen MR) is 288 cm³/mol. The number of rotatable bonds is 6. The van der Waals surface area contributed by atoms with Crippen molar-refractivity contribution in [1.29, 1.82) is 0 Å². The molecular weight excluding hydrogens is 851 g/mol. The molecule has 1 spiro atoms. The van der Waals surface area contributed by atoms with Gasteiger partial charge in [0, 0.05) is 44.2 Å². The third-order valence-corrected chi connectivity index (χ3v) is 15.1. The van der Waals surface area contributed by atoms with E-state index in [0.29, 0.717) is 0 Å². The van der Waals surface area contributed by atoms with Gasteiger partial charge in [-0.25, -0.2) is 0 Å². The van der Waals surface area contributed by atoms with E-state index < -0.39 is 5.41 Å². The Morgan fingerprint density at radius 2 is 0.800 bits per heavy atom. The Morgan fingerprint density at radius 3 is 1.50 bits per heavy atom. The Bertz CT molecular complexity index is 4170. The van der Waals surface area contributed by atoms with Crippen LogP contribution in [0, 0.1) is 0 Å². The summed E-state index contributed by atoms with van der Waals surface area (Å²) in [5.74, 6) is 0. The summed E-state index contributed by atoms with van der Waals surface area (Å²) in [5, 5.41) is 4.14. The van der Waals surface area contributed by atoms with E-state index in [4.69, 9.17) is 8.83 Å². The van der Waals surface area contributed by atoms with E-state index in [0.717, 1.165) is 83.2 Å². The van der Waals surface area contributed by atoms with Gasteiger partial charge in [0.05, 0.1) is 5.41 Å². The number of nitrogens with zero attached hydrogens (tertiary/aromatic N) is 1. The molecule has 0 fully saturated rings.